The maximum atomic E-state index is 11.0. The Balaban J connectivity index is 2.14. The van der Waals surface area contributed by atoms with Crippen molar-refractivity contribution >= 4 is 18.3 Å². The van der Waals surface area contributed by atoms with E-state index < -0.39 is 0 Å². The molecule has 5 heteroatoms. The number of hydrogen-bond donors (Lipinski definition) is 1. The molecule has 2 rings (SSSR count). The molecule has 98 valence electrons. The molecule has 1 fully saturated rings. The fourth-order valence-electron chi connectivity index (χ4n) is 1.80. The standard InChI is InChI=1S/C13H17NO3S/c1-2-10-3-4-12(11(7-10)14(15)16)17-8-13(9-18)5-6-13/h3-4,7,18H,2,5-6,8-9H2,1H3. The van der Waals surface area contributed by atoms with Crippen LogP contribution in [0, 0.1) is 15.5 Å². The van der Waals surface area contributed by atoms with E-state index in [0.29, 0.717) is 12.4 Å². The van der Waals surface area contributed by atoms with Crippen molar-refractivity contribution in [1.82, 2.24) is 0 Å². The van der Waals surface area contributed by atoms with Crippen molar-refractivity contribution in [3.63, 3.8) is 0 Å². The van der Waals surface area contributed by atoms with Crippen LogP contribution in [0.1, 0.15) is 25.3 Å². The lowest BCUT2D eigenvalue weighted by molar-refractivity contribution is -0.386. The fourth-order valence-corrected chi connectivity index (χ4v) is 2.21. The van der Waals surface area contributed by atoms with Gasteiger partial charge in [-0.2, -0.15) is 12.6 Å². The summed E-state index contributed by atoms with van der Waals surface area (Å²) in [6.45, 7) is 2.49. The summed E-state index contributed by atoms with van der Waals surface area (Å²) in [4.78, 5) is 10.6. The van der Waals surface area contributed by atoms with Crippen molar-refractivity contribution in [2.75, 3.05) is 12.4 Å². The lowest BCUT2D eigenvalue weighted by Gasteiger charge is -2.13. The highest BCUT2D eigenvalue weighted by Gasteiger charge is 2.42. The fraction of sp³-hybridized carbons (Fsp3) is 0.538. The average molecular weight is 267 g/mol. The first kappa shape index (κ1) is 13.2. The number of nitro groups is 1. The normalized spacial score (nSPS) is 16.3. The van der Waals surface area contributed by atoms with Gasteiger partial charge in [0.2, 0.25) is 0 Å². The average Bonchev–Trinajstić information content (AvgIpc) is 3.16. The van der Waals surface area contributed by atoms with Gasteiger partial charge >= 0.3 is 5.69 Å². The molecule has 0 radical (unpaired) electrons. The zero-order valence-electron chi connectivity index (χ0n) is 10.4. The molecular formula is C13H17NO3S. The third-order valence-corrected chi connectivity index (χ3v) is 4.13. The summed E-state index contributed by atoms with van der Waals surface area (Å²) in [5.74, 6) is 1.14. The Kier molecular flexibility index (Phi) is 3.80. The molecule has 4 nitrogen and oxygen atoms in total. The largest absolute Gasteiger partial charge is 0.486 e. The van der Waals surface area contributed by atoms with Gasteiger partial charge < -0.3 is 4.74 Å². The molecule has 1 aromatic carbocycles. The minimum Gasteiger partial charge on any atom is -0.486 e. The van der Waals surface area contributed by atoms with Gasteiger partial charge in [-0.15, -0.1) is 0 Å². The highest BCUT2D eigenvalue weighted by Crippen LogP contribution is 2.47. The summed E-state index contributed by atoms with van der Waals surface area (Å²) in [7, 11) is 0. The molecule has 0 N–H and O–H groups in total. The van der Waals surface area contributed by atoms with Gasteiger partial charge in [-0.1, -0.05) is 13.0 Å². The van der Waals surface area contributed by atoms with Crippen LogP contribution in [0.15, 0.2) is 18.2 Å². The van der Waals surface area contributed by atoms with Gasteiger partial charge in [0.1, 0.15) is 0 Å². The topological polar surface area (TPSA) is 52.4 Å². The first-order valence-corrected chi connectivity index (χ1v) is 6.74. The Morgan fingerprint density at radius 1 is 1.50 bits per heavy atom. The van der Waals surface area contributed by atoms with E-state index in [-0.39, 0.29) is 16.0 Å². The molecule has 1 aliphatic carbocycles. The van der Waals surface area contributed by atoms with Gasteiger partial charge in [0.25, 0.3) is 0 Å². The molecule has 0 amide bonds. The summed E-state index contributed by atoms with van der Waals surface area (Å²) in [5, 5.41) is 11.0. The van der Waals surface area contributed by atoms with Gasteiger partial charge in [-0.25, -0.2) is 0 Å². The van der Waals surface area contributed by atoms with E-state index in [0.717, 1.165) is 30.6 Å². The number of ether oxygens (including phenoxy) is 1. The molecule has 1 aliphatic rings. The van der Waals surface area contributed by atoms with Crippen molar-refractivity contribution in [3.05, 3.63) is 33.9 Å². The molecule has 0 aromatic heterocycles. The number of thiol groups is 1. The third-order valence-electron chi connectivity index (χ3n) is 3.45. The maximum Gasteiger partial charge on any atom is 0.311 e. The van der Waals surface area contributed by atoms with E-state index in [2.05, 4.69) is 12.6 Å². The third kappa shape index (κ3) is 2.77. The molecule has 0 atom stereocenters. The SMILES string of the molecule is CCc1ccc(OCC2(CS)CC2)c([N+](=O)[O-])c1. The van der Waals surface area contributed by atoms with Gasteiger partial charge in [-0.3, -0.25) is 10.1 Å². The highest BCUT2D eigenvalue weighted by atomic mass is 32.1. The van der Waals surface area contributed by atoms with Crippen molar-refractivity contribution in [3.8, 4) is 5.75 Å². The number of nitro benzene ring substituents is 1. The summed E-state index contributed by atoms with van der Waals surface area (Å²) >= 11 is 4.29. The Bertz CT molecular complexity index is 458. The van der Waals surface area contributed by atoms with Crippen LogP contribution in [0.4, 0.5) is 5.69 Å². The minimum atomic E-state index is -0.380. The summed E-state index contributed by atoms with van der Waals surface area (Å²) < 4.78 is 5.63. The zero-order valence-corrected chi connectivity index (χ0v) is 11.3. The second kappa shape index (κ2) is 5.18. The van der Waals surface area contributed by atoms with Crippen molar-refractivity contribution < 1.29 is 9.66 Å². The van der Waals surface area contributed by atoms with E-state index in [4.69, 9.17) is 4.74 Å². The lowest BCUT2D eigenvalue weighted by Crippen LogP contribution is -2.15. The van der Waals surface area contributed by atoms with E-state index in [1.54, 1.807) is 12.1 Å². The predicted molar refractivity (Wildman–Crippen MR) is 73.5 cm³/mol. The van der Waals surface area contributed by atoms with Crippen molar-refractivity contribution in [2.24, 2.45) is 5.41 Å². The first-order chi connectivity index (χ1) is 8.60. The van der Waals surface area contributed by atoms with Crippen LogP contribution >= 0.6 is 12.6 Å². The number of benzene rings is 1. The minimum absolute atomic E-state index is 0.0596. The Morgan fingerprint density at radius 3 is 2.72 bits per heavy atom. The molecule has 0 heterocycles. The van der Waals surface area contributed by atoms with Crippen molar-refractivity contribution in [1.29, 1.82) is 0 Å². The molecule has 0 spiro atoms. The van der Waals surface area contributed by atoms with Gasteiger partial charge in [0, 0.05) is 11.5 Å². The summed E-state index contributed by atoms with van der Waals surface area (Å²) in [6.07, 6.45) is 2.97. The van der Waals surface area contributed by atoms with E-state index in [1.165, 1.54) is 0 Å². The van der Waals surface area contributed by atoms with Crippen LogP contribution < -0.4 is 4.74 Å². The van der Waals surface area contributed by atoms with Gasteiger partial charge in [0.15, 0.2) is 5.75 Å². The van der Waals surface area contributed by atoms with E-state index in [9.17, 15) is 10.1 Å². The molecule has 0 aliphatic heterocycles. The summed E-state index contributed by atoms with van der Waals surface area (Å²) in [6, 6.07) is 5.17. The van der Waals surface area contributed by atoms with Crippen LogP contribution in [0.3, 0.4) is 0 Å². The molecule has 1 saturated carbocycles. The van der Waals surface area contributed by atoms with Crippen LogP contribution in [0.25, 0.3) is 0 Å². The molecule has 0 unspecified atom stereocenters. The number of hydrogen-bond acceptors (Lipinski definition) is 4. The van der Waals surface area contributed by atoms with Crippen LogP contribution in [-0.2, 0) is 6.42 Å². The number of aryl methyl sites for hydroxylation is 1. The molecule has 1 aromatic rings. The molecule has 18 heavy (non-hydrogen) atoms. The van der Waals surface area contributed by atoms with Gasteiger partial charge in [-0.05, 0) is 36.6 Å². The highest BCUT2D eigenvalue weighted by molar-refractivity contribution is 7.80. The number of rotatable bonds is 6. The molecule has 0 saturated heterocycles. The second-order valence-electron chi connectivity index (χ2n) is 4.86. The van der Waals surface area contributed by atoms with Crippen LogP contribution in [0.2, 0.25) is 0 Å². The van der Waals surface area contributed by atoms with Crippen LogP contribution in [0.5, 0.6) is 5.75 Å². The molecule has 0 bridgehead atoms. The van der Waals surface area contributed by atoms with Crippen molar-refractivity contribution in [2.45, 2.75) is 26.2 Å². The smallest absolute Gasteiger partial charge is 0.311 e. The lowest BCUT2D eigenvalue weighted by atomic mass is 10.1. The number of nitrogens with zero attached hydrogens (tertiary/aromatic N) is 1. The van der Waals surface area contributed by atoms with E-state index >= 15 is 0 Å². The van der Waals surface area contributed by atoms with Gasteiger partial charge in [0.05, 0.1) is 11.5 Å². The Hall–Kier alpha value is -1.23. The summed E-state index contributed by atoms with van der Waals surface area (Å²) in [5.41, 5.74) is 1.15. The van der Waals surface area contributed by atoms with E-state index in [1.807, 2.05) is 13.0 Å². The van der Waals surface area contributed by atoms with Crippen LogP contribution in [-0.4, -0.2) is 17.3 Å². The predicted octanol–water partition coefficient (Wildman–Crippen LogP) is 3.25. The first-order valence-electron chi connectivity index (χ1n) is 6.11. The monoisotopic (exact) mass is 267 g/mol. The maximum absolute atomic E-state index is 11.0. The molecular weight excluding hydrogens is 250 g/mol. The Morgan fingerprint density at radius 2 is 2.22 bits per heavy atom. The quantitative estimate of drug-likeness (QED) is 0.489. The second-order valence-corrected chi connectivity index (χ2v) is 5.18. The zero-order chi connectivity index (χ0) is 13.2. The Labute approximate surface area is 112 Å².